The van der Waals surface area contributed by atoms with Crippen molar-refractivity contribution in [3.8, 4) is 0 Å². The van der Waals surface area contributed by atoms with Crippen molar-refractivity contribution in [2.75, 3.05) is 37.6 Å². The van der Waals surface area contributed by atoms with Crippen LogP contribution < -0.4 is 10.6 Å². The van der Waals surface area contributed by atoms with Crippen LogP contribution in [0.25, 0.3) is 0 Å². The van der Waals surface area contributed by atoms with Crippen molar-refractivity contribution in [1.82, 2.24) is 9.88 Å². The minimum absolute atomic E-state index is 0.209. The third-order valence-electron chi connectivity index (χ3n) is 3.06. The normalized spacial score (nSPS) is 17.1. The van der Waals surface area contributed by atoms with Gasteiger partial charge in [0.1, 0.15) is 11.5 Å². The molecular weight excluding hydrogens is 216 g/mol. The summed E-state index contributed by atoms with van der Waals surface area (Å²) >= 11 is 0. The number of pyridine rings is 1. The maximum atomic E-state index is 11.0. The topological polar surface area (TPSA) is 62.5 Å². The fraction of sp³-hybridized carbons (Fsp3) is 0.500. The molecule has 0 aromatic carbocycles. The SMILES string of the molecule is CCN1CCN(c2cc[c]c(C(N)=O)n2)CC1. The second-order valence-corrected chi connectivity index (χ2v) is 4.08. The Bertz CT molecular complexity index is 399. The summed E-state index contributed by atoms with van der Waals surface area (Å²) in [5.74, 6) is 0.285. The van der Waals surface area contributed by atoms with Crippen LogP contribution in [0.3, 0.4) is 0 Å². The number of rotatable bonds is 3. The van der Waals surface area contributed by atoms with Crippen molar-refractivity contribution in [2.24, 2.45) is 5.73 Å². The fourth-order valence-corrected chi connectivity index (χ4v) is 1.97. The molecule has 1 amide bonds. The maximum Gasteiger partial charge on any atom is 0.268 e. The van der Waals surface area contributed by atoms with Gasteiger partial charge in [0.05, 0.1) is 0 Å². The number of piperazine rings is 1. The summed E-state index contributed by atoms with van der Waals surface area (Å²) in [6.07, 6.45) is 0. The molecule has 1 aliphatic heterocycles. The van der Waals surface area contributed by atoms with E-state index in [1.54, 1.807) is 6.07 Å². The lowest BCUT2D eigenvalue weighted by molar-refractivity contribution is 0.0995. The van der Waals surface area contributed by atoms with Gasteiger partial charge in [-0.1, -0.05) is 6.92 Å². The van der Waals surface area contributed by atoms with Crippen LogP contribution in [0.15, 0.2) is 12.1 Å². The van der Waals surface area contributed by atoms with Gasteiger partial charge >= 0.3 is 0 Å². The van der Waals surface area contributed by atoms with E-state index in [1.807, 2.05) is 6.07 Å². The molecule has 2 N–H and O–H groups in total. The molecule has 1 aromatic rings. The Morgan fingerprint density at radius 3 is 2.76 bits per heavy atom. The first-order valence-corrected chi connectivity index (χ1v) is 5.86. The summed E-state index contributed by atoms with van der Waals surface area (Å²) in [4.78, 5) is 19.8. The molecule has 91 valence electrons. The molecule has 5 heteroatoms. The van der Waals surface area contributed by atoms with Gasteiger partial charge in [-0.3, -0.25) is 4.79 Å². The van der Waals surface area contributed by atoms with E-state index >= 15 is 0 Å². The van der Waals surface area contributed by atoms with E-state index in [2.05, 4.69) is 27.8 Å². The summed E-state index contributed by atoms with van der Waals surface area (Å²) in [7, 11) is 0. The van der Waals surface area contributed by atoms with Crippen LogP contribution in [-0.4, -0.2) is 48.5 Å². The molecule has 1 radical (unpaired) electrons. The highest BCUT2D eigenvalue weighted by molar-refractivity contribution is 5.90. The number of anilines is 1. The molecule has 1 aliphatic rings. The van der Waals surface area contributed by atoms with Gasteiger partial charge in [0, 0.05) is 32.2 Å². The molecular formula is C12H17N4O. The number of aromatic nitrogens is 1. The molecule has 1 aromatic heterocycles. The van der Waals surface area contributed by atoms with Crippen molar-refractivity contribution in [3.63, 3.8) is 0 Å². The van der Waals surface area contributed by atoms with Crippen molar-refractivity contribution < 1.29 is 4.79 Å². The average Bonchev–Trinajstić information content (AvgIpc) is 2.39. The average molecular weight is 233 g/mol. The molecule has 0 saturated carbocycles. The molecule has 0 unspecified atom stereocenters. The zero-order valence-corrected chi connectivity index (χ0v) is 10.0. The lowest BCUT2D eigenvalue weighted by Crippen LogP contribution is -2.46. The van der Waals surface area contributed by atoms with Crippen LogP contribution in [0, 0.1) is 6.07 Å². The summed E-state index contributed by atoms with van der Waals surface area (Å²) in [5, 5.41) is 0. The quantitative estimate of drug-likeness (QED) is 0.805. The van der Waals surface area contributed by atoms with Gasteiger partial charge in [-0.05, 0) is 18.7 Å². The van der Waals surface area contributed by atoms with Gasteiger partial charge in [0.25, 0.3) is 5.91 Å². The molecule has 1 saturated heterocycles. The van der Waals surface area contributed by atoms with E-state index in [0.717, 1.165) is 38.5 Å². The van der Waals surface area contributed by atoms with Gasteiger partial charge in [-0.15, -0.1) is 0 Å². The van der Waals surface area contributed by atoms with E-state index in [9.17, 15) is 4.79 Å². The Morgan fingerprint density at radius 1 is 1.47 bits per heavy atom. The molecule has 5 nitrogen and oxygen atoms in total. The highest BCUT2D eigenvalue weighted by atomic mass is 16.1. The number of likely N-dealkylation sites (N-methyl/N-ethyl adjacent to an activating group) is 1. The Kier molecular flexibility index (Phi) is 3.58. The molecule has 2 heterocycles. The summed E-state index contributed by atoms with van der Waals surface area (Å²) < 4.78 is 0. The van der Waals surface area contributed by atoms with Crippen LogP contribution in [0.1, 0.15) is 17.4 Å². The second kappa shape index (κ2) is 5.14. The Hall–Kier alpha value is -1.62. The maximum absolute atomic E-state index is 11.0. The van der Waals surface area contributed by atoms with Gasteiger partial charge in [-0.25, -0.2) is 4.98 Å². The lowest BCUT2D eigenvalue weighted by atomic mass is 10.3. The molecule has 0 bridgehead atoms. The van der Waals surface area contributed by atoms with Gasteiger partial charge in [0.2, 0.25) is 0 Å². The standard InChI is InChI=1S/C12H17N4O/c1-2-15-6-8-16(9-7-15)11-5-3-4-10(14-11)12(13)17/h3,5H,2,6-9H2,1H3,(H2,13,17). The molecule has 0 atom stereocenters. The number of nitrogens with zero attached hydrogens (tertiary/aromatic N) is 3. The van der Waals surface area contributed by atoms with Crippen LogP contribution in [0.2, 0.25) is 0 Å². The highest BCUT2D eigenvalue weighted by Crippen LogP contribution is 2.13. The molecule has 0 spiro atoms. The first-order chi connectivity index (χ1) is 8.20. The van der Waals surface area contributed by atoms with E-state index in [0.29, 0.717) is 0 Å². The number of hydrogen-bond acceptors (Lipinski definition) is 4. The molecule has 0 aliphatic carbocycles. The van der Waals surface area contributed by atoms with E-state index in [4.69, 9.17) is 5.73 Å². The third-order valence-corrected chi connectivity index (χ3v) is 3.06. The summed E-state index contributed by atoms with van der Waals surface area (Å²) in [6, 6.07) is 6.32. The third kappa shape index (κ3) is 2.74. The zero-order valence-electron chi connectivity index (χ0n) is 10.0. The predicted molar refractivity (Wildman–Crippen MR) is 65.9 cm³/mol. The van der Waals surface area contributed by atoms with E-state index < -0.39 is 5.91 Å². The summed E-state index contributed by atoms with van der Waals surface area (Å²) in [5.41, 5.74) is 5.41. The zero-order chi connectivity index (χ0) is 12.3. The smallest absolute Gasteiger partial charge is 0.268 e. The Balaban J connectivity index is 2.08. The number of carbonyl (C=O) groups is 1. The first-order valence-electron chi connectivity index (χ1n) is 5.86. The van der Waals surface area contributed by atoms with Crippen LogP contribution in [0.4, 0.5) is 5.82 Å². The van der Waals surface area contributed by atoms with Crippen molar-refractivity contribution >= 4 is 11.7 Å². The van der Waals surface area contributed by atoms with Crippen molar-refractivity contribution in [3.05, 3.63) is 23.9 Å². The molecule has 17 heavy (non-hydrogen) atoms. The van der Waals surface area contributed by atoms with Gasteiger partial charge in [-0.2, -0.15) is 0 Å². The molecule has 2 rings (SSSR count). The number of primary amides is 1. The Morgan fingerprint density at radius 2 is 2.18 bits per heavy atom. The number of amides is 1. The van der Waals surface area contributed by atoms with Crippen LogP contribution in [-0.2, 0) is 0 Å². The van der Waals surface area contributed by atoms with Crippen LogP contribution >= 0.6 is 0 Å². The number of carbonyl (C=O) groups excluding carboxylic acids is 1. The van der Waals surface area contributed by atoms with Gasteiger partial charge in [0.15, 0.2) is 0 Å². The molecule has 1 fully saturated rings. The van der Waals surface area contributed by atoms with Crippen molar-refractivity contribution in [2.45, 2.75) is 6.92 Å². The minimum atomic E-state index is -0.529. The largest absolute Gasteiger partial charge is 0.364 e. The number of hydrogen-bond donors (Lipinski definition) is 1. The van der Waals surface area contributed by atoms with Gasteiger partial charge < -0.3 is 15.5 Å². The highest BCUT2D eigenvalue weighted by Gasteiger charge is 2.17. The predicted octanol–water partition coefficient (Wildman–Crippen LogP) is 0.123. The lowest BCUT2D eigenvalue weighted by Gasteiger charge is -2.34. The minimum Gasteiger partial charge on any atom is -0.364 e. The first kappa shape index (κ1) is 11.9. The number of nitrogens with two attached hydrogens (primary N) is 1. The Labute approximate surface area is 101 Å². The second-order valence-electron chi connectivity index (χ2n) is 4.08. The van der Waals surface area contributed by atoms with E-state index in [1.165, 1.54) is 0 Å². The van der Waals surface area contributed by atoms with Crippen LogP contribution in [0.5, 0.6) is 0 Å². The monoisotopic (exact) mass is 233 g/mol. The van der Waals surface area contributed by atoms with E-state index in [-0.39, 0.29) is 5.69 Å². The fourth-order valence-electron chi connectivity index (χ4n) is 1.97. The van der Waals surface area contributed by atoms with Crippen molar-refractivity contribution in [1.29, 1.82) is 0 Å². The summed E-state index contributed by atoms with van der Waals surface area (Å²) in [6.45, 7) is 7.17.